The van der Waals surface area contributed by atoms with Crippen molar-refractivity contribution in [3.63, 3.8) is 0 Å². The molecular weight excluding hydrogens is 343 g/mol. The molecule has 0 heterocycles. The molecule has 0 aliphatic carbocycles. The van der Waals surface area contributed by atoms with Gasteiger partial charge in [-0.3, -0.25) is 0 Å². The molecule has 0 radical (unpaired) electrons. The molecule has 2 aromatic carbocycles. The van der Waals surface area contributed by atoms with Gasteiger partial charge >= 0.3 is 6.18 Å². The maximum absolute atomic E-state index is 12.5. The minimum absolute atomic E-state index is 0.306. The van der Waals surface area contributed by atoms with Crippen molar-refractivity contribution in [2.45, 2.75) is 23.6 Å². The van der Waals surface area contributed by atoms with E-state index in [-0.39, 0.29) is 11.4 Å². The molecular formula is C16H16F3NO3S. The summed E-state index contributed by atoms with van der Waals surface area (Å²) in [5.74, 6) is 0. The van der Waals surface area contributed by atoms with E-state index in [4.69, 9.17) is 0 Å². The minimum atomic E-state index is -4.54. The Balaban J connectivity index is 2.14. The lowest BCUT2D eigenvalue weighted by molar-refractivity contribution is -0.137. The third-order valence-electron chi connectivity index (χ3n) is 3.49. The zero-order valence-corrected chi connectivity index (χ0v) is 13.5. The van der Waals surface area contributed by atoms with Crippen molar-refractivity contribution in [1.29, 1.82) is 0 Å². The normalized spacial score (nSPS) is 15.0. The molecule has 0 aromatic heterocycles. The van der Waals surface area contributed by atoms with Gasteiger partial charge in [0, 0.05) is 6.54 Å². The second kappa shape index (κ2) is 6.54. The van der Waals surface area contributed by atoms with E-state index in [0.717, 1.165) is 12.1 Å². The van der Waals surface area contributed by atoms with Gasteiger partial charge in [-0.1, -0.05) is 30.3 Å². The lowest BCUT2D eigenvalue weighted by Crippen LogP contribution is -2.38. The quantitative estimate of drug-likeness (QED) is 0.863. The molecule has 8 heteroatoms. The van der Waals surface area contributed by atoms with E-state index >= 15 is 0 Å². The topological polar surface area (TPSA) is 66.4 Å². The number of sulfonamides is 1. The van der Waals surface area contributed by atoms with Gasteiger partial charge in [0.2, 0.25) is 10.0 Å². The molecule has 0 aliphatic rings. The second-order valence-electron chi connectivity index (χ2n) is 5.49. The molecule has 0 aliphatic heterocycles. The molecule has 2 aromatic rings. The molecule has 2 N–H and O–H groups in total. The molecule has 0 unspecified atom stereocenters. The van der Waals surface area contributed by atoms with Gasteiger partial charge in [-0.2, -0.15) is 13.2 Å². The van der Waals surface area contributed by atoms with Crippen molar-refractivity contribution in [3.05, 3.63) is 65.7 Å². The molecule has 2 rings (SSSR count). The van der Waals surface area contributed by atoms with Crippen LogP contribution < -0.4 is 4.72 Å². The summed E-state index contributed by atoms with van der Waals surface area (Å²) in [6, 6.07) is 11.6. The summed E-state index contributed by atoms with van der Waals surface area (Å²) in [5, 5.41) is 10.4. The number of benzene rings is 2. The maximum Gasteiger partial charge on any atom is 0.416 e. The second-order valence-corrected chi connectivity index (χ2v) is 7.25. The Bertz CT molecular complexity index is 786. The zero-order chi connectivity index (χ0) is 18.0. The van der Waals surface area contributed by atoms with Gasteiger partial charge < -0.3 is 5.11 Å². The molecule has 0 bridgehead atoms. The molecule has 24 heavy (non-hydrogen) atoms. The van der Waals surface area contributed by atoms with Crippen LogP contribution in [0.25, 0.3) is 0 Å². The van der Waals surface area contributed by atoms with Gasteiger partial charge in [-0.15, -0.1) is 0 Å². The number of hydrogen-bond acceptors (Lipinski definition) is 3. The van der Waals surface area contributed by atoms with Crippen LogP contribution in [0.5, 0.6) is 0 Å². The van der Waals surface area contributed by atoms with E-state index < -0.39 is 27.4 Å². The van der Waals surface area contributed by atoms with Crippen molar-refractivity contribution in [2.75, 3.05) is 6.54 Å². The van der Waals surface area contributed by atoms with E-state index in [1.165, 1.54) is 6.92 Å². The SMILES string of the molecule is C[C@](O)(CNS(=O)(=O)c1ccc(C(F)(F)F)cc1)c1ccccc1. The molecule has 0 saturated carbocycles. The van der Waals surface area contributed by atoms with E-state index in [0.29, 0.717) is 17.7 Å². The number of nitrogens with one attached hydrogen (secondary N) is 1. The number of rotatable bonds is 5. The molecule has 0 spiro atoms. The Labute approximate surface area is 138 Å². The summed E-state index contributed by atoms with van der Waals surface area (Å²) in [6.07, 6.45) is -4.54. The predicted molar refractivity (Wildman–Crippen MR) is 82.6 cm³/mol. The highest BCUT2D eigenvalue weighted by Gasteiger charge is 2.31. The largest absolute Gasteiger partial charge is 0.416 e. The van der Waals surface area contributed by atoms with Crippen LogP contribution in [0.1, 0.15) is 18.1 Å². The smallest absolute Gasteiger partial charge is 0.384 e. The highest BCUT2D eigenvalue weighted by atomic mass is 32.2. The lowest BCUT2D eigenvalue weighted by atomic mass is 9.97. The Morgan fingerprint density at radius 2 is 1.50 bits per heavy atom. The Kier molecular flexibility index (Phi) is 5.03. The van der Waals surface area contributed by atoms with E-state index in [9.17, 15) is 26.7 Å². The molecule has 0 fully saturated rings. The van der Waals surface area contributed by atoms with Crippen LogP contribution >= 0.6 is 0 Å². The van der Waals surface area contributed by atoms with E-state index in [1.54, 1.807) is 30.3 Å². The first-order valence-corrected chi connectivity index (χ1v) is 8.45. The van der Waals surface area contributed by atoms with Gasteiger partial charge in [-0.25, -0.2) is 13.1 Å². The average molecular weight is 359 g/mol. The Morgan fingerprint density at radius 3 is 2.00 bits per heavy atom. The first kappa shape index (κ1) is 18.4. The monoisotopic (exact) mass is 359 g/mol. The van der Waals surface area contributed by atoms with Crippen LogP contribution in [0, 0.1) is 0 Å². The molecule has 0 saturated heterocycles. The zero-order valence-electron chi connectivity index (χ0n) is 12.7. The molecule has 4 nitrogen and oxygen atoms in total. The van der Waals surface area contributed by atoms with Crippen molar-refractivity contribution in [2.24, 2.45) is 0 Å². The molecule has 130 valence electrons. The standard InChI is InChI=1S/C16H16F3NO3S/c1-15(21,12-5-3-2-4-6-12)11-20-24(22,23)14-9-7-13(8-10-14)16(17,18)19/h2-10,20-21H,11H2,1H3/t15-/m0/s1. The van der Waals surface area contributed by atoms with Crippen molar-refractivity contribution in [1.82, 2.24) is 4.72 Å². The third-order valence-corrected chi connectivity index (χ3v) is 4.91. The predicted octanol–water partition coefficient (Wildman–Crippen LogP) is 2.89. The van der Waals surface area contributed by atoms with Crippen LogP contribution in [0.3, 0.4) is 0 Å². The molecule has 0 amide bonds. The van der Waals surface area contributed by atoms with Gasteiger partial charge in [0.15, 0.2) is 0 Å². The average Bonchev–Trinajstić information content (AvgIpc) is 2.53. The van der Waals surface area contributed by atoms with Gasteiger partial charge in [0.25, 0.3) is 0 Å². The number of aliphatic hydroxyl groups is 1. The fourth-order valence-electron chi connectivity index (χ4n) is 2.04. The summed E-state index contributed by atoms with van der Waals surface area (Å²) in [7, 11) is -4.04. The summed E-state index contributed by atoms with van der Waals surface area (Å²) in [4.78, 5) is -0.306. The summed E-state index contributed by atoms with van der Waals surface area (Å²) < 4.78 is 64.1. The first-order valence-electron chi connectivity index (χ1n) is 6.97. The Morgan fingerprint density at radius 1 is 0.958 bits per heavy atom. The van der Waals surface area contributed by atoms with Crippen molar-refractivity contribution in [3.8, 4) is 0 Å². The van der Waals surface area contributed by atoms with Gasteiger partial charge in [-0.05, 0) is 36.8 Å². The van der Waals surface area contributed by atoms with E-state index in [2.05, 4.69) is 4.72 Å². The lowest BCUT2D eigenvalue weighted by Gasteiger charge is -2.24. The third kappa shape index (κ3) is 4.34. The molecule has 1 atom stereocenters. The van der Waals surface area contributed by atoms with Crippen LogP contribution in [0.2, 0.25) is 0 Å². The number of hydrogen-bond donors (Lipinski definition) is 2. The van der Waals surface area contributed by atoms with Gasteiger partial charge in [0.05, 0.1) is 10.5 Å². The van der Waals surface area contributed by atoms with Crippen LogP contribution in [0.15, 0.2) is 59.5 Å². The van der Waals surface area contributed by atoms with Crippen molar-refractivity contribution >= 4 is 10.0 Å². The van der Waals surface area contributed by atoms with E-state index in [1.807, 2.05) is 0 Å². The first-order chi connectivity index (χ1) is 11.0. The maximum atomic E-state index is 12.5. The number of halogens is 3. The summed E-state index contributed by atoms with van der Waals surface area (Å²) in [6.45, 7) is 1.12. The van der Waals surface area contributed by atoms with Crippen LogP contribution in [-0.2, 0) is 21.8 Å². The van der Waals surface area contributed by atoms with Crippen LogP contribution in [0.4, 0.5) is 13.2 Å². The van der Waals surface area contributed by atoms with Gasteiger partial charge in [0.1, 0.15) is 5.60 Å². The fraction of sp³-hybridized carbons (Fsp3) is 0.250. The highest BCUT2D eigenvalue weighted by Crippen LogP contribution is 2.29. The minimum Gasteiger partial charge on any atom is -0.384 e. The summed E-state index contributed by atoms with van der Waals surface area (Å²) in [5.41, 5.74) is -1.88. The Hall–Kier alpha value is -1.90. The summed E-state index contributed by atoms with van der Waals surface area (Å²) >= 11 is 0. The van der Waals surface area contributed by atoms with Crippen LogP contribution in [-0.4, -0.2) is 20.1 Å². The fourth-order valence-corrected chi connectivity index (χ4v) is 3.17. The number of alkyl halides is 3. The van der Waals surface area contributed by atoms with Crippen molar-refractivity contribution < 1.29 is 26.7 Å². The highest BCUT2D eigenvalue weighted by molar-refractivity contribution is 7.89.